The molecule has 128 valence electrons. The van der Waals surface area contributed by atoms with E-state index >= 15 is 0 Å². The lowest BCUT2D eigenvalue weighted by Crippen LogP contribution is -2.58. The maximum absolute atomic E-state index is 12.5. The molecule has 1 aromatic carbocycles. The van der Waals surface area contributed by atoms with Crippen LogP contribution in [0.1, 0.15) is 39.0 Å². The quantitative estimate of drug-likeness (QED) is 0.647. The minimum absolute atomic E-state index is 0.433. The normalized spacial score (nSPS) is 22.8. The highest BCUT2D eigenvalue weighted by Crippen LogP contribution is 2.35. The summed E-state index contributed by atoms with van der Waals surface area (Å²) in [5, 5.41) is 6.00. The maximum Gasteiger partial charge on any atom is 0.278 e. The Morgan fingerprint density at radius 3 is 3.00 bits per heavy atom. The predicted molar refractivity (Wildman–Crippen MR) is 93.3 cm³/mol. The van der Waals surface area contributed by atoms with Gasteiger partial charge in [0.2, 0.25) is 0 Å². The van der Waals surface area contributed by atoms with Gasteiger partial charge in [0.15, 0.2) is 0 Å². The van der Waals surface area contributed by atoms with Gasteiger partial charge in [-0.15, -0.1) is 0 Å². The third kappa shape index (κ3) is 3.41. The average Bonchev–Trinajstić information content (AvgIpc) is 2.57. The molecule has 1 aliphatic heterocycles. The highest BCUT2D eigenvalue weighted by molar-refractivity contribution is 6.31. The molecule has 2 N–H and O–H groups in total. The Kier molecular flexibility index (Phi) is 4.81. The molecule has 1 aromatic rings. The first kappa shape index (κ1) is 16.8. The van der Waals surface area contributed by atoms with Crippen LogP contribution in [0.3, 0.4) is 0 Å². The molecule has 3 rings (SSSR count). The second kappa shape index (κ2) is 6.85. The summed E-state index contributed by atoms with van der Waals surface area (Å²) in [6.45, 7) is 1.99. The zero-order valence-corrected chi connectivity index (χ0v) is 14.4. The van der Waals surface area contributed by atoms with Crippen LogP contribution >= 0.6 is 11.6 Å². The van der Waals surface area contributed by atoms with Crippen LogP contribution in [0.4, 0.5) is 5.69 Å². The Bertz CT molecular complexity index is 702. The fraction of sp³-hybridized carbons (Fsp3) is 0.444. The van der Waals surface area contributed by atoms with Gasteiger partial charge in [-0.05, 0) is 57.2 Å². The Hall–Kier alpha value is -2.01. The second-order valence-electron chi connectivity index (χ2n) is 6.34. The molecule has 0 spiro atoms. The van der Waals surface area contributed by atoms with Crippen LogP contribution < -0.4 is 15.4 Å². The summed E-state index contributed by atoms with van der Waals surface area (Å²) >= 11 is 5.91. The van der Waals surface area contributed by atoms with Gasteiger partial charge in [-0.1, -0.05) is 23.3 Å². The van der Waals surface area contributed by atoms with Crippen molar-refractivity contribution in [1.29, 1.82) is 0 Å². The molecular formula is C18H21ClN2O3. The standard InChI is InChI=1S/C18H21ClN2O3/c1-18(16(22)20-10-9-12-5-3-2-4-6-12)17(23)21-14-11-13(19)7-8-15(14)24-18/h5,7-8,11H,2-4,6,9-10H2,1H3,(H,20,22)(H,21,23). The number of fused-ring (bicyclic) bond motifs is 1. The molecule has 6 heteroatoms. The molecule has 1 aliphatic carbocycles. The summed E-state index contributed by atoms with van der Waals surface area (Å²) in [6, 6.07) is 4.91. The van der Waals surface area contributed by atoms with E-state index in [4.69, 9.17) is 16.3 Å². The topological polar surface area (TPSA) is 67.4 Å². The van der Waals surface area contributed by atoms with Crippen LogP contribution in [-0.2, 0) is 9.59 Å². The number of rotatable bonds is 4. The molecule has 0 bridgehead atoms. The number of carbonyl (C=O) groups is 2. The Labute approximate surface area is 146 Å². The van der Waals surface area contributed by atoms with E-state index in [1.54, 1.807) is 18.2 Å². The minimum Gasteiger partial charge on any atom is -0.466 e. The summed E-state index contributed by atoms with van der Waals surface area (Å²) in [6.07, 6.45) is 7.73. The molecule has 0 fully saturated rings. The number of benzene rings is 1. The van der Waals surface area contributed by atoms with Crippen molar-refractivity contribution in [2.45, 2.75) is 44.6 Å². The van der Waals surface area contributed by atoms with E-state index in [-0.39, 0.29) is 0 Å². The predicted octanol–water partition coefficient (Wildman–Crippen LogP) is 3.44. The molecule has 0 radical (unpaired) electrons. The van der Waals surface area contributed by atoms with Crippen molar-refractivity contribution >= 4 is 29.1 Å². The van der Waals surface area contributed by atoms with Crippen molar-refractivity contribution in [3.63, 3.8) is 0 Å². The van der Waals surface area contributed by atoms with Crippen molar-refractivity contribution in [3.05, 3.63) is 34.9 Å². The number of halogens is 1. The Morgan fingerprint density at radius 2 is 2.25 bits per heavy atom. The van der Waals surface area contributed by atoms with E-state index in [9.17, 15) is 9.59 Å². The number of anilines is 1. The average molecular weight is 349 g/mol. The molecule has 1 heterocycles. The smallest absolute Gasteiger partial charge is 0.278 e. The number of hydrogen-bond acceptors (Lipinski definition) is 3. The molecule has 0 saturated carbocycles. The van der Waals surface area contributed by atoms with E-state index in [2.05, 4.69) is 16.7 Å². The number of amides is 2. The molecular weight excluding hydrogens is 328 g/mol. The molecule has 1 unspecified atom stereocenters. The second-order valence-corrected chi connectivity index (χ2v) is 6.78. The van der Waals surface area contributed by atoms with Crippen molar-refractivity contribution in [1.82, 2.24) is 5.32 Å². The van der Waals surface area contributed by atoms with E-state index in [1.165, 1.54) is 25.3 Å². The van der Waals surface area contributed by atoms with Crippen LogP contribution in [0.5, 0.6) is 5.75 Å². The van der Waals surface area contributed by atoms with Gasteiger partial charge in [-0.25, -0.2) is 0 Å². The number of carbonyl (C=O) groups excluding carboxylic acids is 2. The maximum atomic E-state index is 12.5. The van der Waals surface area contributed by atoms with Crippen LogP contribution in [0.25, 0.3) is 0 Å². The third-order valence-electron chi connectivity index (χ3n) is 4.49. The fourth-order valence-corrected chi connectivity index (χ4v) is 3.16. The number of ether oxygens (including phenoxy) is 1. The minimum atomic E-state index is -1.58. The van der Waals surface area contributed by atoms with Crippen LogP contribution in [0.2, 0.25) is 5.02 Å². The summed E-state index contributed by atoms with van der Waals surface area (Å²) in [5.74, 6) is -0.490. The van der Waals surface area contributed by atoms with Crippen molar-refractivity contribution in [2.75, 3.05) is 11.9 Å². The van der Waals surface area contributed by atoms with Gasteiger partial charge < -0.3 is 15.4 Å². The van der Waals surface area contributed by atoms with E-state index < -0.39 is 17.4 Å². The Morgan fingerprint density at radius 1 is 1.42 bits per heavy atom. The molecule has 1 atom stereocenters. The zero-order valence-electron chi connectivity index (χ0n) is 13.7. The van der Waals surface area contributed by atoms with Crippen LogP contribution in [0, 0.1) is 0 Å². The van der Waals surface area contributed by atoms with Crippen molar-refractivity contribution < 1.29 is 14.3 Å². The van der Waals surface area contributed by atoms with Gasteiger partial charge in [0.25, 0.3) is 17.4 Å². The summed E-state index contributed by atoms with van der Waals surface area (Å²) in [4.78, 5) is 24.9. The molecule has 24 heavy (non-hydrogen) atoms. The molecule has 2 aliphatic rings. The van der Waals surface area contributed by atoms with E-state index in [0.29, 0.717) is 23.0 Å². The molecule has 0 aromatic heterocycles. The highest BCUT2D eigenvalue weighted by Gasteiger charge is 2.47. The first-order valence-electron chi connectivity index (χ1n) is 8.25. The first-order valence-corrected chi connectivity index (χ1v) is 8.63. The molecule has 2 amide bonds. The van der Waals surface area contributed by atoms with Crippen LogP contribution in [0.15, 0.2) is 29.8 Å². The van der Waals surface area contributed by atoms with Gasteiger partial charge in [0, 0.05) is 11.6 Å². The molecule has 5 nitrogen and oxygen atoms in total. The summed E-state index contributed by atoms with van der Waals surface area (Å²) in [5.41, 5.74) is 0.271. The van der Waals surface area contributed by atoms with E-state index in [1.807, 2.05) is 0 Å². The van der Waals surface area contributed by atoms with Gasteiger partial charge >= 0.3 is 0 Å². The Balaban J connectivity index is 1.64. The fourth-order valence-electron chi connectivity index (χ4n) is 2.98. The lowest BCUT2D eigenvalue weighted by atomic mass is 9.97. The zero-order chi connectivity index (χ0) is 17.2. The van der Waals surface area contributed by atoms with Gasteiger partial charge in [0.05, 0.1) is 5.69 Å². The third-order valence-corrected chi connectivity index (χ3v) is 4.72. The number of nitrogens with one attached hydrogen (secondary N) is 2. The first-order chi connectivity index (χ1) is 11.5. The van der Waals surface area contributed by atoms with Crippen molar-refractivity contribution in [2.24, 2.45) is 0 Å². The molecule has 0 saturated heterocycles. The summed E-state index contributed by atoms with van der Waals surface area (Å²) < 4.78 is 5.69. The van der Waals surface area contributed by atoms with Gasteiger partial charge in [0.1, 0.15) is 5.75 Å². The number of allylic oxidation sites excluding steroid dienone is 1. The van der Waals surface area contributed by atoms with Gasteiger partial charge in [-0.3, -0.25) is 9.59 Å². The van der Waals surface area contributed by atoms with E-state index in [0.717, 1.165) is 19.3 Å². The monoisotopic (exact) mass is 348 g/mol. The highest BCUT2D eigenvalue weighted by atomic mass is 35.5. The largest absolute Gasteiger partial charge is 0.466 e. The van der Waals surface area contributed by atoms with Gasteiger partial charge in [-0.2, -0.15) is 0 Å². The summed E-state index contributed by atoms with van der Waals surface area (Å²) in [7, 11) is 0. The van der Waals surface area contributed by atoms with Crippen molar-refractivity contribution in [3.8, 4) is 5.75 Å². The number of hydrogen-bond donors (Lipinski definition) is 2. The lowest BCUT2D eigenvalue weighted by Gasteiger charge is -2.33. The lowest BCUT2D eigenvalue weighted by molar-refractivity contribution is -0.146. The van der Waals surface area contributed by atoms with Crippen LogP contribution in [-0.4, -0.2) is 24.0 Å². The SMILES string of the molecule is CC1(C(=O)NCCC2=CCCCC2)Oc2ccc(Cl)cc2NC1=O.